The van der Waals surface area contributed by atoms with Crippen molar-refractivity contribution in [2.45, 2.75) is 39.0 Å². The van der Waals surface area contributed by atoms with E-state index >= 15 is 0 Å². The van der Waals surface area contributed by atoms with Crippen molar-refractivity contribution in [2.75, 3.05) is 31.5 Å². The molecule has 0 aliphatic carbocycles. The molecule has 0 saturated carbocycles. The van der Waals surface area contributed by atoms with Gasteiger partial charge in [0.15, 0.2) is 0 Å². The summed E-state index contributed by atoms with van der Waals surface area (Å²) in [5.74, 6) is 1.22. The topological polar surface area (TPSA) is 78.4 Å². The van der Waals surface area contributed by atoms with E-state index in [1.165, 1.54) is 5.56 Å². The van der Waals surface area contributed by atoms with Crippen molar-refractivity contribution < 1.29 is 9.59 Å². The Morgan fingerprint density at radius 1 is 1.06 bits per heavy atom. The molecule has 0 spiro atoms. The second kappa shape index (κ2) is 9.45. The number of carbonyl (C=O) groups excluding carboxylic acids is 2. The summed E-state index contributed by atoms with van der Waals surface area (Å²) >= 11 is 0. The standard InChI is InChI=1S/C24H31N5O2/c1-17(2)23(30)28-12-9-19(10-13-28)14-18-5-7-21(8-6-18)26-24(31)29-15-20(16-29)22-4-3-11-25-27-22/h3-8,11,17,19-20H,9-10,12-16H2,1-2H3,(H,26,31). The Kier molecular flexibility index (Phi) is 6.49. The van der Waals surface area contributed by atoms with Gasteiger partial charge in [0, 0.05) is 49.9 Å². The van der Waals surface area contributed by atoms with E-state index in [9.17, 15) is 9.59 Å². The van der Waals surface area contributed by atoms with E-state index in [1.807, 2.05) is 43.0 Å². The number of hydrogen-bond acceptors (Lipinski definition) is 4. The summed E-state index contributed by atoms with van der Waals surface area (Å²) < 4.78 is 0. The van der Waals surface area contributed by atoms with Gasteiger partial charge in [-0.3, -0.25) is 4.79 Å². The van der Waals surface area contributed by atoms with Crippen molar-refractivity contribution in [3.8, 4) is 0 Å². The largest absolute Gasteiger partial charge is 0.342 e. The highest BCUT2D eigenvalue weighted by Gasteiger charge is 2.32. The lowest BCUT2D eigenvalue weighted by molar-refractivity contribution is -0.135. The van der Waals surface area contributed by atoms with Crippen LogP contribution in [0.15, 0.2) is 42.6 Å². The average Bonchev–Trinajstić information content (AvgIpc) is 2.75. The van der Waals surface area contributed by atoms with Crippen molar-refractivity contribution in [2.24, 2.45) is 11.8 Å². The predicted molar refractivity (Wildman–Crippen MR) is 120 cm³/mol. The average molecular weight is 422 g/mol. The van der Waals surface area contributed by atoms with E-state index < -0.39 is 0 Å². The molecule has 2 aliphatic heterocycles. The van der Waals surface area contributed by atoms with Crippen LogP contribution in [0.5, 0.6) is 0 Å². The number of rotatable bonds is 5. The maximum Gasteiger partial charge on any atom is 0.321 e. The minimum Gasteiger partial charge on any atom is -0.342 e. The summed E-state index contributed by atoms with van der Waals surface area (Å²) in [5, 5.41) is 11.0. The molecular weight excluding hydrogens is 390 g/mol. The Labute approximate surface area is 183 Å². The number of urea groups is 1. The van der Waals surface area contributed by atoms with Crippen LogP contribution in [0.1, 0.15) is 43.9 Å². The van der Waals surface area contributed by atoms with Gasteiger partial charge >= 0.3 is 6.03 Å². The first kappa shape index (κ1) is 21.3. The van der Waals surface area contributed by atoms with E-state index in [0.717, 1.165) is 43.7 Å². The normalized spacial score (nSPS) is 17.5. The van der Waals surface area contributed by atoms with Crippen LogP contribution in [0.3, 0.4) is 0 Å². The minimum atomic E-state index is -0.0740. The molecule has 1 N–H and O–H groups in total. The SMILES string of the molecule is CC(C)C(=O)N1CCC(Cc2ccc(NC(=O)N3CC(c4cccnn4)C3)cc2)CC1. The van der Waals surface area contributed by atoms with Crippen LogP contribution in [-0.4, -0.2) is 58.1 Å². The molecule has 7 nitrogen and oxygen atoms in total. The zero-order chi connectivity index (χ0) is 21.8. The van der Waals surface area contributed by atoms with Gasteiger partial charge in [-0.15, -0.1) is 0 Å². The molecule has 3 amide bonds. The smallest absolute Gasteiger partial charge is 0.321 e. The van der Waals surface area contributed by atoms with Gasteiger partial charge < -0.3 is 15.1 Å². The molecule has 0 bridgehead atoms. The molecule has 2 aromatic rings. The fourth-order valence-electron chi connectivity index (χ4n) is 4.35. The number of benzene rings is 1. The second-order valence-electron chi connectivity index (χ2n) is 9.00. The Morgan fingerprint density at radius 2 is 1.77 bits per heavy atom. The Hall–Kier alpha value is -2.96. The van der Waals surface area contributed by atoms with Crippen LogP contribution >= 0.6 is 0 Å². The second-order valence-corrected chi connectivity index (χ2v) is 9.00. The van der Waals surface area contributed by atoms with Gasteiger partial charge in [0.2, 0.25) is 5.91 Å². The maximum absolute atomic E-state index is 12.5. The van der Waals surface area contributed by atoms with Gasteiger partial charge in [-0.25, -0.2) is 4.79 Å². The molecule has 1 aromatic heterocycles. The zero-order valence-electron chi connectivity index (χ0n) is 18.3. The monoisotopic (exact) mass is 421 g/mol. The molecule has 2 saturated heterocycles. The molecule has 2 fully saturated rings. The number of nitrogens with zero attached hydrogens (tertiary/aromatic N) is 4. The summed E-state index contributed by atoms with van der Waals surface area (Å²) in [6, 6.07) is 11.9. The van der Waals surface area contributed by atoms with Gasteiger partial charge in [0.05, 0.1) is 5.69 Å². The van der Waals surface area contributed by atoms with Gasteiger partial charge in [0.1, 0.15) is 0 Å². The Bertz CT molecular complexity index is 886. The van der Waals surface area contributed by atoms with E-state index in [2.05, 4.69) is 27.6 Å². The first-order valence-corrected chi connectivity index (χ1v) is 11.2. The molecule has 7 heteroatoms. The molecule has 1 aromatic carbocycles. The van der Waals surface area contributed by atoms with E-state index in [4.69, 9.17) is 0 Å². The van der Waals surface area contributed by atoms with Crippen LogP contribution in [0, 0.1) is 11.8 Å². The minimum absolute atomic E-state index is 0.0740. The molecule has 164 valence electrons. The number of anilines is 1. The third-order valence-electron chi connectivity index (χ3n) is 6.33. The third-order valence-corrected chi connectivity index (χ3v) is 6.33. The summed E-state index contributed by atoms with van der Waals surface area (Å²) in [7, 11) is 0. The molecule has 0 unspecified atom stereocenters. The van der Waals surface area contributed by atoms with E-state index in [0.29, 0.717) is 19.0 Å². The molecule has 4 rings (SSSR count). The Morgan fingerprint density at radius 3 is 2.39 bits per heavy atom. The van der Waals surface area contributed by atoms with Crippen molar-refractivity contribution >= 4 is 17.6 Å². The van der Waals surface area contributed by atoms with Crippen LogP contribution in [-0.2, 0) is 11.2 Å². The predicted octanol–water partition coefficient (Wildman–Crippen LogP) is 3.55. The van der Waals surface area contributed by atoms with Crippen molar-refractivity contribution in [3.63, 3.8) is 0 Å². The summed E-state index contributed by atoms with van der Waals surface area (Å²) in [6.07, 6.45) is 4.79. The maximum atomic E-state index is 12.5. The van der Waals surface area contributed by atoms with Gasteiger partial charge in [0.25, 0.3) is 0 Å². The fraction of sp³-hybridized carbons (Fsp3) is 0.500. The lowest BCUT2D eigenvalue weighted by Gasteiger charge is -2.38. The Balaban J connectivity index is 1.21. The number of aromatic nitrogens is 2. The first-order valence-electron chi connectivity index (χ1n) is 11.2. The van der Waals surface area contributed by atoms with Crippen molar-refractivity contribution in [3.05, 3.63) is 53.9 Å². The van der Waals surface area contributed by atoms with Crippen LogP contribution in [0.25, 0.3) is 0 Å². The highest BCUT2D eigenvalue weighted by molar-refractivity contribution is 5.90. The number of nitrogens with one attached hydrogen (secondary N) is 1. The van der Waals surface area contributed by atoms with Crippen molar-refractivity contribution in [1.82, 2.24) is 20.0 Å². The number of hydrogen-bond donors (Lipinski definition) is 1. The van der Waals surface area contributed by atoms with Crippen LogP contribution in [0.2, 0.25) is 0 Å². The third kappa shape index (κ3) is 5.21. The molecule has 3 heterocycles. The lowest BCUT2D eigenvalue weighted by atomic mass is 9.89. The highest BCUT2D eigenvalue weighted by atomic mass is 16.2. The summed E-state index contributed by atoms with van der Waals surface area (Å²) in [5.41, 5.74) is 3.03. The number of piperidine rings is 1. The molecular formula is C24H31N5O2. The van der Waals surface area contributed by atoms with Crippen LogP contribution in [0.4, 0.5) is 10.5 Å². The zero-order valence-corrected chi connectivity index (χ0v) is 18.3. The lowest BCUT2D eigenvalue weighted by Crippen LogP contribution is -2.50. The first-order chi connectivity index (χ1) is 15.0. The molecule has 0 radical (unpaired) electrons. The molecule has 2 aliphatic rings. The summed E-state index contributed by atoms with van der Waals surface area (Å²) in [6.45, 7) is 6.99. The van der Waals surface area contributed by atoms with E-state index in [1.54, 1.807) is 11.1 Å². The van der Waals surface area contributed by atoms with E-state index in [-0.39, 0.29) is 23.8 Å². The summed E-state index contributed by atoms with van der Waals surface area (Å²) in [4.78, 5) is 28.4. The number of amides is 3. The molecule has 0 atom stereocenters. The highest BCUT2D eigenvalue weighted by Crippen LogP contribution is 2.26. The van der Waals surface area contributed by atoms with Gasteiger partial charge in [-0.2, -0.15) is 10.2 Å². The van der Waals surface area contributed by atoms with Gasteiger partial charge in [-0.05, 0) is 55.0 Å². The van der Waals surface area contributed by atoms with Crippen molar-refractivity contribution in [1.29, 1.82) is 0 Å². The van der Waals surface area contributed by atoms with Crippen LogP contribution < -0.4 is 5.32 Å². The number of carbonyl (C=O) groups is 2. The molecule has 31 heavy (non-hydrogen) atoms. The fourth-order valence-corrected chi connectivity index (χ4v) is 4.35. The quantitative estimate of drug-likeness (QED) is 0.801. The van der Waals surface area contributed by atoms with Gasteiger partial charge in [-0.1, -0.05) is 26.0 Å². The number of likely N-dealkylation sites (tertiary alicyclic amines) is 2.